The van der Waals surface area contributed by atoms with Crippen molar-refractivity contribution in [1.29, 1.82) is 0 Å². The van der Waals surface area contributed by atoms with Crippen LogP contribution in [0.4, 0.5) is 11.4 Å². The minimum absolute atomic E-state index is 0.110. The maximum atomic E-state index is 11.1. The van der Waals surface area contributed by atoms with Crippen LogP contribution in [0.5, 0.6) is 0 Å². The summed E-state index contributed by atoms with van der Waals surface area (Å²) in [6, 6.07) is 8.53. The molecule has 0 saturated heterocycles. The normalized spacial score (nSPS) is 10.3. The van der Waals surface area contributed by atoms with Crippen molar-refractivity contribution in [1.82, 2.24) is 0 Å². The van der Waals surface area contributed by atoms with Gasteiger partial charge in [-0.15, -0.1) is 0 Å². The van der Waals surface area contributed by atoms with Gasteiger partial charge in [0.15, 0.2) is 0 Å². The average molecular weight is 302 g/mol. The first-order valence-electron chi connectivity index (χ1n) is 5.78. The molecule has 0 fully saturated rings. The lowest BCUT2D eigenvalue weighted by Crippen LogP contribution is -2.24. The Morgan fingerprint density at radius 3 is 1.52 bits per heavy atom. The van der Waals surface area contributed by atoms with Crippen molar-refractivity contribution in [3.8, 4) is 0 Å². The van der Waals surface area contributed by atoms with E-state index in [1.807, 2.05) is 0 Å². The van der Waals surface area contributed by atoms with E-state index in [0.29, 0.717) is 9.79 Å². The minimum atomic E-state index is -1.39. The number of carboxylic acids is 2. The van der Waals surface area contributed by atoms with Gasteiger partial charge in [-0.05, 0) is 36.4 Å². The fraction of sp³-hybridized carbons (Fsp3) is 0. The molecule has 0 aliphatic rings. The van der Waals surface area contributed by atoms with Gasteiger partial charge in [-0.2, -0.15) is 0 Å². The number of hydrogen-bond donors (Lipinski definition) is 2. The Morgan fingerprint density at radius 1 is 0.810 bits per heavy atom. The second kappa shape index (κ2) is 5.76. The van der Waals surface area contributed by atoms with Gasteiger partial charge in [0.05, 0.1) is 11.9 Å². The van der Waals surface area contributed by atoms with E-state index < -0.39 is 11.9 Å². The minimum Gasteiger partial charge on any atom is -0.545 e. The molecule has 0 unspecified atom stereocenters. The third-order valence-corrected chi connectivity index (χ3v) is 3.82. The zero-order valence-corrected chi connectivity index (χ0v) is 11.5. The highest BCUT2D eigenvalue weighted by Gasteiger charge is 2.10. The molecule has 108 valence electrons. The Kier molecular flexibility index (Phi) is 4.04. The topological polar surface area (TPSA) is 132 Å². The van der Waals surface area contributed by atoms with E-state index in [9.17, 15) is 19.8 Å². The Balaban J connectivity index is 2.48. The molecule has 2 aromatic carbocycles. The van der Waals surface area contributed by atoms with Crippen LogP contribution in [-0.2, 0) is 0 Å². The van der Waals surface area contributed by atoms with Gasteiger partial charge in [-0.25, -0.2) is 0 Å². The summed E-state index contributed by atoms with van der Waals surface area (Å²) in [5, 5.41) is 22.2. The van der Waals surface area contributed by atoms with E-state index in [1.165, 1.54) is 36.4 Å². The van der Waals surface area contributed by atoms with Crippen molar-refractivity contribution < 1.29 is 19.8 Å². The number of hydrogen-bond acceptors (Lipinski definition) is 7. The highest BCUT2D eigenvalue weighted by atomic mass is 32.2. The van der Waals surface area contributed by atoms with Gasteiger partial charge in [0.25, 0.3) is 0 Å². The lowest BCUT2D eigenvalue weighted by molar-refractivity contribution is -0.256. The number of aromatic carboxylic acids is 2. The molecule has 4 N–H and O–H groups in total. The second-order valence-corrected chi connectivity index (χ2v) is 5.27. The van der Waals surface area contributed by atoms with Gasteiger partial charge in [-0.3, -0.25) is 0 Å². The van der Waals surface area contributed by atoms with E-state index in [-0.39, 0.29) is 22.5 Å². The molecule has 2 rings (SSSR count). The maximum absolute atomic E-state index is 11.1. The van der Waals surface area contributed by atoms with Crippen molar-refractivity contribution in [3.05, 3.63) is 47.5 Å². The first kappa shape index (κ1) is 14.7. The number of carbonyl (C=O) groups is 2. The van der Waals surface area contributed by atoms with Gasteiger partial charge in [0, 0.05) is 32.3 Å². The van der Waals surface area contributed by atoms with Crippen LogP contribution in [0.25, 0.3) is 0 Å². The Hall–Kier alpha value is -2.67. The Morgan fingerprint density at radius 2 is 1.19 bits per heavy atom. The van der Waals surface area contributed by atoms with Crippen LogP contribution in [0.15, 0.2) is 46.2 Å². The SMILES string of the molecule is Nc1ccc(Sc2ccc(N)cc2C(=O)[O-])c(C(=O)[O-])c1. The summed E-state index contributed by atoms with van der Waals surface area (Å²) in [4.78, 5) is 22.8. The zero-order chi connectivity index (χ0) is 15.6. The van der Waals surface area contributed by atoms with Crippen LogP contribution in [0.3, 0.4) is 0 Å². The number of nitrogen functional groups attached to an aromatic ring is 2. The van der Waals surface area contributed by atoms with Crippen molar-refractivity contribution in [2.45, 2.75) is 9.79 Å². The Bertz CT molecular complexity index is 669. The van der Waals surface area contributed by atoms with Gasteiger partial charge < -0.3 is 31.3 Å². The standard InChI is InChI=1S/C14H12N2O4S/c15-7-1-3-11(9(5-7)13(17)18)21-12-4-2-8(16)6-10(12)14(19)20/h1-6H,15-16H2,(H,17,18)(H,19,20)/p-2. The van der Waals surface area contributed by atoms with E-state index in [4.69, 9.17) is 11.5 Å². The molecular weight excluding hydrogens is 292 g/mol. The number of anilines is 2. The van der Waals surface area contributed by atoms with Crippen LogP contribution < -0.4 is 21.7 Å². The van der Waals surface area contributed by atoms with E-state index in [0.717, 1.165) is 11.8 Å². The lowest BCUT2D eigenvalue weighted by atomic mass is 10.2. The maximum Gasteiger partial charge on any atom is 0.0727 e. The first-order chi connectivity index (χ1) is 9.88. The molecule has 6 nitrogen and oxygen atoms in total. The van der Waals surface area contributed by atoms with Crippen LogP contribution in [0.1, 0.15) is 20.7 Å². The van der Waals surface area contributed by atoms with Crippen LogP contribution in [-0.4, -0.2) is 11.9 Å². The zero-order valence-electron chi connectivity index (χ0n) is 10.7. The third kappa shape index (κ3) is 3.26. The summed E-state index contributed by atoms with van der Waals surface area (Å²) >= 11 is 0.962. The fourth-order valence-electron chi connectivity index (χ4n) is 1.71. The summed E-state index contributed by atoms with van der Waals surface area (Å²) in [7, 11) is 0. The van der Waals surface area contributed by atoms with Gasteiger partial charge in [0.1, 0.15) is 0 Å². The molecule has 0 saturated carbocycles. The molecule has 0 atom stereocenters. The summed E-state index contributed by atoms with van der Waals surface area (Å²) in [5.41, 5.74) is 11.4. The molecule has 0 aliphatic carbocycles. The number of carboxylic acid groups (broad SMARTS) is 2. The fourth-order valence-corrected chi connectivity index (χ4v) is 2.72. The molecule has 0 heterocycles. The second-order valence-electron chi connectivity index (χ2n) is 4.19. The van der Waals surface area contributed by atoms with Gasteiger partial charge in [-0.1, -0.05) is 11.8 Å². The molecule has 0 bridgehead atoms. The summed E-state index contributed by atoms with van der Waals surface area (Å²) in [5.74, 6) is -2.79. The molecule has 21 heavy (non-hydrogen) atoms. The molecular formula is C14H10N2O4S-2. The molecule has 2 aromatic rings. The molecule has 7 heteroatoms. The molecule has 0 amide bonds. The summed E-state index contributed by atoms with van der Waals surface area (Å²) < 4.78 is 0. The summed E-state index contributed by atoms with van der Waals surface area (Å²) in [6.45, 7) is 0. The van der Waals surface area contributed by atoms with E-state index in [1.54, 1.807) is 0 Å². The molecule has 0 spiro atoms. The predicted molar refractivity (Wildman–Crippen MR) is 74.5 cm³/mol. The largest absolute Gasteiger partial charge is 0.545 e. The van der Waals surface area contributed by atoms with Gasteiger partial charge >= 0.3 is 0 Å². The number of benzene rings is 2. The highest BCUT2D eigenvalue weighted by molar-refractivity contribution is 7.99. The van der Waals surface area contributed by atoms with Crippen molar-refractivity contribution >= 4 is 35.1 Å². The summed E-state index contributed by atoms with van der Waals surface area (Å²) in [6.07, 6.45) is 0. The van der Waals surface area contributed by atoms with E-state index >= 15 is 0 Å². The average Bonchev–Trinajstić information content (AvgIpc) is 2.42. The van der Waals surface area contributed by atoms with Crippen LogP contribution >= 0.6 is 11.8 Å². The molecule has 0 aliphatic heterocycles. The Labute approximate surface area is 124 Å². The monoisotopic (exact) mass is 302 g/mol. The molecule has 0 radical (unpaired) electrons. The van der Waals surface area contributed by atoms with Crippen LogP contribution in [0.2, 0.25) is 0 Å². The predicted octanol–water partition coefficient (Wildman–Crippen LogP) is -0.271. The van der Waals surface area contributed by atoms with Crippen molar-refractivity contribution in [3.63, 3.8) is 0 Å². The third-order valence-electron chi connectivity index (χ3n) is 2.67. The number of rotatable bonds is 4. The quantitative estimate of drug-likeness (QED) is 0.743. The first-order valence-corrected chi connectivity index (χ1v) is 6.59. The van der Waals surface area contributed by atoms with Gasteiger partial charge in [0.2, 0.25) is 0 Å². The van der Waals surface area contributed by atoms with Crippen molar-refractivity contribution in [2.75, 3.05) is 11.5 Å². The van der Waals surface area contributed by atoms with E-state index in [2.05, 4.69) is 0 Å². The highest BCUT2D eigenvalue weighted by Crippen LogP contribution is 2.34. The smallest absolute Gasteiger partial charge is 0.0727 e. The lowest BCUT2D eigenvalue weighted by Gasteiger charge is -2.14. The molecule has 0 aromatic heterocycles. The van der Waals surface area contributed by atoms with Crippen LogP contribution in [0, 0.1) is 0 Å². The van der Waals surface area contributed by atoms with Crippen molar-refractivity contribution in [2.24, 2.45) is 0 Å². The number of nitrogens with two attached hydrogens (primary N) is 2. The number of carbonyl (C=O) groups excluding carboxylic acids is 2.